The molecule has 4 aromatic carbocycles. The number of aryl methyl sites for hydroxylation is 1. The van der Waals surface area contributed by atoms with Crippen LogP contribution in [0.4, 0.5) is 35.1 Å². The van der Waals surface area contributed by atoms with E-state index in [4.69, 9.17) is 43.0 Å². The number of carbonyl (C=O) groups is 4. The van der Waals surface area contributed by atoms with Gasteiger partial charge in [0.15, 0.2) is 37.5 Å². The maximum Gasteiger partial charge on any atom is 0.224 e. The van der Waals surface area contributed by atoms with Crippen molar-refractivity contribution < 1.29 is 194 Å². The molecule has 4 aromatic rings. The SMILES string of the molecule is CC.CC.CC.CC[C@@H](O)[C@@H](O)[C@H](CO[C@H]1OC(CF)[C@@H](O)[C@H](O)C1O)NC(=O)Cc1ccccc1.CC[C@@H](O)[C@@H](O)[C@H](CO[C@H]1OC(CF)[C@@H](O)[C@H](O)C1O)NC(=O)Cc1ccccc1.CC[C@@H](O)[C@@H](O)[C@H](CO[C@H]1OC(CO)[C@@H](F)[C@H](O)C1O)NC(=O)Cc1ccc(C)cc1.CC[C@@H](O)[C@@H](O)[C@H](CO[C@H]1OC(CO)[C@@H](F)[C@H](O)C1O)NC(=O)Cc1ccccc1.CF.CF.CF.CF. The number of hydrogen-bond donors (Lipinski definition) is 24. The maximum atomic E-state index is 13.9. The summed E-state index contributed by atoms with van der Waals surface area (Å²) in [6.45, 7) is 15.2. The summed E-state index contributed by atoms with van der Waals surface area (Å²) in [4.78, 5) is 49.6. The molecule has 4 aliphatic rings. The van der Waals surface area contributed by atoms with Crippen molar-refractivity contribution in [2.75, 3.05) is 81.7 Å². The van der Waals surface area contributed by atoms with Gasteiger partial charge in [-0.05, 0) is 54.9 Å². The summed E-state index contributed by atoms with van der Waals surface area (Å²) in [5, 5.41) is 209. The van der Waals surface area contributed by atoms with Crippen molar-refractivity contribution in [1.82, 2.24) is 21.3 Å². The molecule has 8 rings (SSSR count). The highest BCUT2D eigenvalue weighted by atomic mass is 19.2. The van der Waals surface area contributed by atoms with Gasteiger partial charge in [0.05, 0.1) is 143 Å². The van der Waals surface area contributed by atoms with Gasteiger partial charge in [0.2, 0.25) is 23.6 Å². The van der Waals surface area contributed by atoms with Crippen LogP contribution < -0.4 is 21.3 Å². The van der Waals surface area contributed by atoms with Crippen molar-refractivity contribution in [1.29, 1.82) is 0 Å². The van der Waals surface area contributed by atoms with Gasteiger partial charge in [0.1, 0.15) is 123 Å². The first-order valence-corrected chi connectivity index (χ1v) is 44.3. The Kier molecular flexibility index (Phi) is 74.4. The molecule has 4 heterocycles. The number of rotatable bonds is 40. The zero-order chi connectivity index (χ0) is 104. The molecular weight excluding hydrogens is 1810 g/mol. The predicted octanol–water partition coefficient (Wildman–Crippen LogP) is 0.287. The summed E-state index contributed by atoms with van der Waals surface area (Å²) in [5.41, 5.74) is 4.03. The van der Waals surface area contributed by atoms with Gasteiger partial charge in [0.25, 0.3) is 0 Å². The number of benzene rings is 4. The third kappa shape index (κ3) is 46.4. The Balaban J connectivity index is -0.00000164. The lowest BCUT2D eigenvalue weighted by Crippen LogP contribution is -2.60. The van der Waals surface area contributed by atoms with Gasteiger partial charge >= 0.3 is 0 Å². The monoisotopic (exact) mass is 1970 g/mol. The van der Waals surface area contributed by atoms with E-state index >= 15 is 0 Å². The molecule has 24 N–H and O–H groups in total. The quantitative estimate of drug-likeness (QED) is 0.0266. The average molecular weight is 1970 g/mol. The predicted molar refractivity (Wildman–Crippen MR) is 479 cm³/mol. The average Bonchev–Trinajstić information content (AvgIpc) is 0.826. The molecule has 784 valence electrons. The van der Waals surface area contributed by atoms with Crippen LogP contribution in [0.5, 0.6) is 0 Å². The lowest BCUT2D eigenvalue weighted by Gasteiger charge is -2.40. The minimum Gasteiger partial charge on any atom is -0.394 e. The fraction of sp³-hybridized carbons (Fsp3) is 0.692. The molecule has 0 aliphatic carbocycles. The summed E-state index contributed by atoms with van der Waals surface area (Å²) in [6.07, 6.45) is -41.9. The fourth-order valence-corrected chi connectivity index (χ4v) is 12.7. The molecule has 0 bridgehead atoms. The summed E-state index contributed by atoms with van der Waals surface area (Å²) in [6, 6.07) is 29.7. The Morgan fingerprint density at radius 2 is 0.519 bits per heavy atom. The highest BCUT2D eigenvalue weighted by Crippen LogP contribution is 2.29. The van der Waals surface area contributed by atoms with Crippen molar-refractivity contribution >= 4 is 23.6 Å². The second-order valence-electron chi connectivity index (χ2n) is 29.7. The smallest absolute Gasteiger partial charge is 0.224 e. The van der Waals surface area contributed by atoms with Crippen LogP contribution in [0.1, 0.15) is 123 Å². The van der Waals surface area contributed by atoms with E-state index in [-0.39, 0.29) is 51.4 Å². The second-order valence-corrected chi connectivity index (χ2v) is 29.7. The minimum atomic E-state index is -2.00. The van der Waals surface area contributed by atoms with Gasteiger partial charge < -0.3 is 161 Å². The van der Waals surface area contributed by atoms with Crippen molar-refractivity contribution in [3.63, 3.8) is 0 Å². The van der Waals surface area contributed by atoms with Crippen LogP contribution in [-0.4, -0.2) is 403 Å². The van der Waals surface area contributed by atoms with Gasteiger partial charge in [-0.15, -0.1) is 0 Å². The van der Waals surface area contributed by atoms with Crippen molar-refractivity contribution in [2.45, 2.75) is 323 Å². The Morgan fingerprint density at radius 3 is 0.719 bits per heavy atom. The van der Waals surface area contributed by atoms with Crippen LogP contribution in [0.2, 0.25) is 0 Å². The molecule has 4 amide bonds. The second kappa shape index (κ2) is 76.0. The normalized spacial score (nSPS) is 26.9. The number of carbonyl (C=O) groups excluding carboxylic acids is 4. The Bertz CT molecular complexity index is 3300. The highest BCUT2D eigenvalue weighted by Gasteiger charge is 2.50. The Hall–Kier alpha value is -6.92. The van der Waals surface area contributed by atoms with Gasteiger partial charge in [0, 0.05) is 0 Å². The van der Waals surface area contributed by atoms with E-state index in [0.29, 0.717) is 28.7 Å². The maximum absolute atomic E-state index is 13.9. The molecule has 4 aliphatic heterocycles. The lowest BCUT2D eigenvalue weighted by atomic mass is 9.99. The van der Waals surface area contributed by atoms with Crippen molar-refractivity contribution in [3.8, 4) is 0 Å². The molecule has 0 spiro atoms. The molecule has 8 unspecified atom stereocenters. The number of ether oxygens (including phenoxy) is 8. The zero-order valence-electron chi connectivity index (χ0n) is 79.1. The lowest BCUT2D eigenvalue weighted by molar-refractivity contribution is -0.300. The van der Waals surface area contributed by atoms with Gasteiger partial charge in [-0.2, -0.15) is 0 Å². The van der Waals surface area contributed by atoms with E-state index in [1.807, 2.05) is 78.8 Å². The first kappa shape index (κ1) is 132. The first-order valence-electron chi connectivity index (χ1n) is 44.3. The standard InChI is InChI=1S/C21H32FNO8.3C20H30FNO8.3C2H6.4CH3F/c1-3-14(25)18(27)13(23-16(26)8-12-6-4-11(2)5-7-12)10-30-21-20(29)19(28)17(22)15(9-24)31-21;1-2-13(24)17(26)12(22-15(25)8-11-6-4-3-5-7-11)10-29-20-19(28)18(27)16(21)14(9-23)30-20;2*1-2-13(23)16(25)12(22-15(24)8-11-6-4-3-5-7-11)10-29-20-19(28)18(27)17(26)14(9-21)30-20;7*1-2/h4-7,13-15,17-21,24-25,27-29H,3,8-10H2,1-2H3,(H,23,26);3-7,12-14,16-20,23-24,26-28H,2,8-10H2,1H3,(H,22,25);2*3-7,12-14,16-20,23,25-28H,2,8-10H2,1H3,(H,22,24);3*1-2H3;4*1H3/t13-,14+,15?,17+,18-,19-,20?,21-;12-,13+,14?,16+,17-,18-,19?,20-;2*12-,13+,14?,16-,17+,18-,19?,20-;;;;;;;/m0000......./s1. The number of alkyl halides is 8. The van der Waals surface area contributed by atoms with Crippen LogP contribution in [0.25, 0.3) is 0 Å². The third-order valence-corrected chi connectivity index (χ3v) is 20.4. The van der Waals surface area contributed by atoms with Crippen LogP contribution in [0.3, 0.4) is 0 Å². The number of hydrogen-bond acceptors (Lipinski definition) is 32. The van der Waals surface area contributed by atoms with Crippen LogP contribution in [0, 0.1) is 6.92 Å². The molecule has 0 aromatic heterocycles. The number of amides is 4. The molecular formula is C91H152F8N4O32. The minimum absolute atomic E-state index is 0.0309. The van der Waals surface area contributed by atoms with E-state index in [9.17, 15) is 151 Å². The van der Waals surface area contributed by atoms with Crippen LogP contribution in [-0.2, 0) is 82.8 Å². The number of aliphatic hydroxyl groups excluding tert-OH is 20. The Morgan fingerprint density at radius 1 is 0.319 bits per heavy atom. The summed E-state index contributed by atoms with van der Waals surface area (Å²) >= 11 is 0. The summed E-state index contributed by atoms with van der Waals surface area (Å²) < 4.78 is 134. The number of aliphatic hydroxyl groups is 20. The van der Waals surface area contributed by atoms with Gasteiger partial charge in [-0.1, -0.05) is 190 Å². The largest absolute Gasteiger partial charge is 0.394 e. The van der Waals surface area contributed by atoms with Gasteiger partial charge in [-0.25, -0.2) is 17.6 Å². The molecule has 0 radical (unpaired) electrons. The third-order valence-electron chi connectivity index (χ3n) is 20.4. The van der Waals surface area contributed by atoms with E-state index in [0.717, 1.165) is 27.8 Å². The molecule has 4 saturated heterocycles. The van der Waals surface area contributed by atoms with Crippen LogP contribution >= 0.6 is 0 Å². The summed E-state index contributed by atoms with van der Waals surface area (Å²) in [5.74, 6) is -1.72. The number of nitrogens with one attached hydrogen (secondary N) is 4. The molecule has 0 saturated carbocycles. The molecule has 32 atom stereocenters. The Labute approximate surface area is 784 Å². The number of halogens is 8. The molecule has 135 heavy (non-hydrogen) atoms. The fourth-order valence-electron chi connectivity index (χ4n) is 12.7. The van der Waals surface area contributed by atoms with E-state index < -0.39 is 273 Å². The summed E-state index contributed by atoms with van der Waals surface area (Å²) in [7, 11) is 2.00. The zero-order valence-corrected chi connectivity index (χ0v) is 79.1. The van der Waals surface area contributed by atoms with Crippen LogP contribution in [0.15, 0.2) is 115 Å². The molecule has 36 nitrogen and oxygen atoms in total. The highest BCUT2D eigenvalue weighted by molar-refractivity contribution is 5.80. The van der Waals surface area contributed by atoms with Crippen molar-refractivity contribution in [2.24, 2.45) is 0 Å². The molecule has 4 fully saturated rings. The van der Waals surface area contributed by atoms with Crippen molar-refractivity contribution in [3.05, 3.63) is 143 Å². The topological polar surface area (TPSA) is 595 Å². The first-order chi connectivity index (χ1) is 64.5. The van der Waals surface area contributed by atoms with E-state index in [2.05, 4.69) is 21.3 Å². The van der Waals surface area contributed by atoms with E-state index in [1.165, 1.54) is 0 Å². The molecule has 44 heteroatoms. The van der Waals surface area contributed by atoms with E-state index in [1.54, 1.807) is 113 Å². The van der Waals surface area contributed by atoms with Gasteiger partial charge in [-0.3, -0.25) is 36.7 Å².